The molecule has 1 aliphatic carbocycles. The molecule has 1 saturated heterocycles. The number of halogens is 1. The Morgan fingerprint density at radius 1 is 1.06 bits per heavy atom. The second-order valence-corrected chi connectivity index (χ2v) is 6.29. The zero-order chi connectivity index (χ0) is 13.6. The number of hydrogen-bond acceptors (Lipinski definition) is 2. The Bertz CT molecular complexity index is 371. The summed E-state index contributed by atoms with van der Waals surface area (Å²) in [6.45, 7) is 11.7. The molecule has 2 fully saturated rings. The van der Waals surface area contributed by atoms with Crippen LogP contribution >= 0.6 is 0 Å². The van der Waals surface area contributed by atoms with Gasteiger partial charge in [-0.1, -0.05) is 12.2 Å². The third kappa shape index (κ3) is 2.41. The van der Waals surface area contributed by atoms with Gasteiger partial charge in [-0.3, -0.25) is 0 Å². The van der Waals surface area contributed by atoms with E-state index in [1.54, 1.807) is 0 Å². The average Bonchev–Trinajstić information content (AvgIpc) is 2.48. The first-order valence-electron chi connectivity index (χ1n) is 6.63. The van der Waals surface area contributed by atoms with Gasteiger partial charge in [-0.05, 0) is 59.0 Å². The van der Waals surface area contributed by atoms with E-state index in [1.807, 2.05) is 27.7 Å². The molecule has 0 aromatic rings. The Hall–Kier alpha value is -0.605. The van der Waals surface area contributed by atoms with E-state index in [1.165, 1.54) is 5.57 Å². The molecule has 0 atom stereocenters. The van der Waals surface area contributed by atoms with Crippen LogP contribution in [0.3, 0.4) is 0 Å². The highest BCUT2D eigenvalue weighted by molar-refractivity contribution is 6.53. The van der Waals surface area contributed by atoms with Gasteiger partial charge in [0.1, 0.15) is 5.73 Å². The van der Waals surface area contributed by atoms with Crippen molar-refractivity contribution >= 4 is 7.12 Å². The van der Waals surface area contributed by atoms with Crippen molar-refractivity contribution in [2.24, 2.45) is 0 Å². The predicted octanol–water partition coefficient (Wildman–Crippen LogP) is 3.97. The summed E-state index contributed by atoms with van der Waals surface area (Å²) in [7, 11) is -0.837. The van der Waals surface area contributed by atoms with E-state index in [0.29, 0.717) is 0 Å². The second kappa shape index (κ2) is 4.50. The topological polar surface area (TPSA) is 18.5 Å². The van der Waals surface area contributed by atoms with E-state index in [-0.39, 0.29) is 5.73 Å². The molecule has 0 radical (unpaired) electrons. The molecule has 1 heterocycles. The molecule has 0 amide bonds. The molecular formula is C14H22BFO2. The standard InChI is InChI=1S/C14H22BFO2/c1-10-6-8-11(9-7-10)12(16)15-17-13(2,3)14(4,5)18-15/h1,6-9H2,2-5H3. The molecule has 2 aliphatic rings. The van der Waals surface area contributed by atoms with E-state index >= 15 is 0 Å². The number of rotatable bonds is 1. The van der Waals surface area contributed by atoms with Gasteiger partial charge in [-0.25, -0.2) is 4.39 Å². The summed E-state index contributed by atoms with van der Waals surface area (Å²) in [5, 5.41) is 0. The van der Waals surface area contributed by atoms with Gasteiger partial charge in [0.15, 0.2) is 0 Å². The van der Waals surface area contributed by atoms with Gasteiger partial charge in [-0.2, -0.15) is 0 Å². The van der Waals surface area contributed by atoms with Crippen LogP contribution < -0.4 is 0 Å². The zero-order valence-corrected chi connectivity index (χ0v) is 11.8. The summed E-state index contributed by atoms with van der Waals surface area (Å²) in [6.07, 6.45) is 3.24. The molecular weight excluding hydrogens is 230 g/mol. The van der Waals surface area contributed by atoms with E-state index in [0.717, 1.165) is 31.3 Å². The van der Waals surface area contributed by atoms with Crippen molar-refractivity contribution in [3.63, 3.8) is 0 Å². The molecule has 4 heteroatoms. The molecule has 2 rings (SSSR count). The van der Waals surface area contributed by atoms with Crippen LogP contribution in [0.2, 0.25) is 0 Å². The quantitative estimate of drug-likeness (QED) is 0.519. The minimum Gasteiger partial charge on any atom is -0.398 e. The van der Waals surface area contributed by atoms with Crippen LogP contribution in [0, 0.1) is 0 Å². The Morgan fingerprint density at radius 2 is 1.50 bits per heavy atom. The summed E-state index contributed by atoms with van der Waals surface area (Å²) in [6, 6.07) is 0. The molecule has 1 saturated carbocycles. The van der Waals surface area contributed by atoms with Crippen LogP contribution in [0.4, 0.5) is 4.39 Å². The highest BCUT2D eigenvalue weighted by Gasteiger charge is 2.53. The molecule has 0 spiro atoms. The van der Waals surface area contributed by atoms with Crippen molar-refractivity contribution in [3.8, 4) is 0 Å². The normalized spacial score (nSPS) is 26.6. The Balaban J connectivity index is 2.14. The summed E-state index contributed by atoms with van der Waals surface area (Å²) in [5.74, 6) is 0. The third-order valence-corrected chi connectivity index (χ3v) is 4.36. The lowest BCUT2D eigenvalue weighted by molar-refractivity contribution is 0.00578. The van der Waals surface area contributed by atoms with Gasteiger partial charge < -0.3 is 9.31 Å². The van der Waals surface area contributed by atoms with Crippen molar-refractivity contribution in [2.75, 3.05) is 0 Å². The maximum atomic E-state index is 14.4. The monoisotopic (exact) mass is 252 g/mol. The van der Waals surface area contributed by atoms with Crippen LogP contribution in [0.1, 0.15) is 53.4 Å². The van der Waals surface area contributed by atoms with Gasteiger partial charge >= 0.3 is 7.12 Å². The highest BCUT2D eigenvalue weighted by atomic mass is 19.1. The van der Waals surface area contributed by atoms with Crippen LogP contribution in [0.5, 0.6) is 0 Å². The molecule has 0 unspecified atom stereocenters. The smallest absolute Gasteiger partial charge is 0.398 e. The van der Waals surface area contributed by atoms with Crippen LogP contribution in [-0.2, 0) is 9.31 Å². The summed E-state index contributed by atoms with van der Waals surface area (Å²) >= 11 is 0. The molecule has 0 aromatic heterocycles. The molecule has 0 N–H and O–H groups in total. The van der Waals surface area contributed by atoms with Gasteiger partial charge in [-0.15, -0.1) is 0 Å². The summed E-state index contributed by atoms with van der Waals surface area (Å²) < 4.78 is 25.9. The molecule has 1 aliphatic heterocycles. The van der Waals surface area contributed by atoms with Crippen molar-refractivity contribution in [2.45, 2.75) is 64.6 Å². The fraction of sp³-hybridized carbons (Fsp3) is 0.714. The first-order chi connectivity index (χ1) is 8.23. The van der Waals surface area contributed by atoms with Crippen LogP contribution in [-0.4, -0.2) is 18.3 Å². The Labute approximate surface area is 109 Å². The van der Waals surface area contributed by atoms with Gasteiger partial charge in [0.05, 0.1) is 11.2 Å². The number of allylic oxidation sites excluding steroid dienone is 2. The molecule has 100 valence electrons. The Kier molecular flexibility index (Phi) is 3.45. The fourth-order valence-electron chi connectivity index (χ4n) is 2.26. The summed E-state index contributed by atoms with van der Waals surface area (Å²) in [4.78, 5) is 0. The molecule has 0 bridgehead atoms. The second-order valence-electron chi connectivity index (χ2n) is 6.29. The SMILES string of the molecule is C=C1CCC(=C(F)B2OC(C)(C)C(C)(C)O2)CC1. The van der Waals surface area contributed by atoms with E-state index in [2.05, 4.69) is 6.58 Å². The maximum Gasteiger partial charge on any atom is 0.525 e. The molecule has 2 nitrogen and oxygen atoms in total. The minimum atomic E-state index is -0.837. The average molecular weight is 252 g/mol. The van der Waals surface area contributed by atoms with E-state index < -0.39 is 18.3 Å². The number of hydrogen-bond donors (Lipinski definition) is 0. The lowest BCUT2D eigenvalue weighted by Gasteiger charge is -2.32. The Morgan fingerprint density at radius 3 is 1.94 bits per heavy atom. The fourth-order valence-corrected chi connectivity index (χ4v) is 2.26. The first-order valence-corrected chi connectivity index (χ1v) is 6.63. The zero-order valence-electron chi connectivity index (χ0n) is 11.8. The van der Waals surface area contributed by atoms with E-state index in [9.17, 15) is 4.39 Å². The molecule has 18 heavy (non-hydrogen) atoms. The van der Waals surface area contributed by atoms with Crippen molar-refractivity contribution in [3.05, 3.63) is 23.5 Å². The van der Waals surface area contributed by atoms with Gasteiger partial charge in [0.2, 0.25) is 0 Å². The van der Waals surface area contributed by atoms with Gasteiger partial charge in [0, 0.05) is 0 Å². The van der Waals surface area contributed by atoms with Crippen molar-refractivity contribution in [1.82, 2.24) is 0 Å². The van der Waals surface area contributed by atoms with Gasteiger partial charge in [0.25, 0.3) is 0 Å². The minimum absolute atomic E-state index is 0.221. The largest absolute Gasteiger partial charge is 0.525 e. The lowest BCUT2D eigenvalue weighted by Crippen LogP contribution is -2.41. The van der Waals surface area contributed by atoms with E-state index in [4.69, 9.17) is 9.31 Å². The van der Waals surface area contributed by atoms with Crippen LogP contribution in [0.25, 0.3) is 0 Å². The molecule has 0 aromatic carbocycles. The lowest BCUT2D eigenvalue weighted by atomic mass is 9.79. The maximum absolute atomic E-state index is 14.4. The summed E-state index contributed by atoms with van der Waals surface area (Å²) in [5.41, 5.74) is 0.865. The predicted molar refractivity (Wildman–Crippen MR) is 71.8 cm³/mol. The third-order valence-electron chi connectivity index (χ3n) is 4.36. The van der Waals surface area contributed by atoms with Crippen LogP contribution in [0.15, 0.2) is 23.5 Å². The highest BCUT2D eigenvalue weighted by Crippen LogP contribution is 2.40. The first kappa shape index (κ1) is 13.8. The van der Waals surface area contributed by atoms with Crippen molar-refractivity contribution in [1.29, 1.82) is 0 Å². The van der Waals surface area contributed by atoms with Crippen molar-refractivity contribution < 1.29 is 13.7 Å².